The Balaban J connectivity index is 2.59. The molecular formula is C12H18N4O2S3. The summed E-state index contributed by atoms with van der Waals surface area (Å²) in [6.07, 6.45) is 1.24. The summed E-state index contributed by atoms with van der Waals surface area (Å²) in [7, 11) is -3.24. The van der Waals surface area contributed by atoms with Crippen molar-refractivity contribution in [1.29, 1.82) is 0 Å². The van der Waals surface area contributed by atoms with Crippen molar-refractivity contribution in [2.75, 3.05) is 29.2 Å². The smallest absolute Gasteiger partial charge is 0.169 e. The number of aromatic nitrogens is 2. The molecule has 2 heterocycles. The number of aryl methyl sites for hydroxylation is 1. The Morgan fingerprint density at radius 2 is 2.10 bits per heavy atom. The molecule has 1 fully saturated rings. The molecule has 1 aliphatic rings. The number of hydrogen-bond donors (Lipinski definition) is 1. The molecule has 0 amide bonds. The quantitative estimate of drug-likeness (QED) is 0.798. The van der Waals surface area contributed by atoms with E-state index in [-0.39, 0.29) is 4.99 Å². The van der Waals surface area contributed by atoms with Crippen LogP contribution in [-0.2, 0) is 9.84 Å². The highest BCUT2D eigenvalue weighted by molar-refractivity contribution is 8.01. The molecule has 0 bridgehead atoms. The fourth-order valence-corrected chi connectivity index (χ4v) is 5.33. The minimum absolute atomic E-state index is 0.214. The van der Waals surface area contributed by atoms with Gasteiger partial charge >= 0.3 is 0 Å². The molecule has 0 saturated carbocycles. The van der Waals surface area contributed by atoms with E-state index in [4.69, 9.17) is 18.0 Å². The molecule has 1 aromatic rings. The molecule has 0 aliphatic carbocycles. The predicted molar refractivity (Wildman–Crippen MR) is 90.7 cm³/mol. The van der Waals surface area contributed by atoms with E-state index in [1.165, 1.54) is 6.26 Å². The predicted octanol–water partition coefficient (Wildman–Crippen LogP) is 0.652. The molecule has 1 atom stereocenters. The van der Waals surface area contributed by atoms with Gasteiger partial charge in [0.1, 0.15) is 10.4 Å². The van der Waals surface area contributed by atoms with Crippen LogP contribution in [0.25, 0.3) is 0 Å². The topological polar surface area (TPSA) is 89.2 Å². The third-order valence-electron chi connectivity index (χ3n) is 3.53. The van der Waals surface area contributed by atoms with Crippen molar-refractivity contribution in [1.82, 2.24) is 10.2 Å². The maximum Gasteiger partial charge on any atom is 0.169 e. The fourth-order valence-electron chi connectivity index (χ4n) is 2.27. The third-order valence-corrected chi connectivity index (χ3v) is 6.38. The lowest BCUT2D eigenvalue weighted by atomic mass is 10.1. The zero-order valence-electron chi connectivity index (χ0n) is 12.2. The zero-order chi connectivity index (χ0) is 15.8. The largest absolute Gasteiger partial charge is 0.389 e. The van der Waals surface area contributed by atoms with E-state index in [1.807, 2.05) is 13.8 Å². The molecule has 0 radical (unpaired) electrons. The number of nitrogens with zero attached hydrogens (tertiary/aromatic N) is 3. The number of nitrogens with two attached hydrogens (primary N) is 1. The number of hydrogen-bond acceptors (Lipinski definition) is 7. The average molecular weight is 347 g/mol. The summed E-state index contributed by atoms with van der Waals surface area (Å²) in [5.74, 6) is 1.81. The molecule has 1 aromatic heterocycles. The molecule has 1 aliphatic heterocycles. The van der Waals surface area contributed by atoms with Crippen molar-refractivity contribution < 1.29 is 8.42 Å². The Labute approximate surface area is 134 Å². The van der Waals surface area contributed by atoms with Crippen molar-refractivity contribution in [3.05, 3.63) is 16.8 Å². The normalized spacial score (nSPS) is 19.6. The molecule has 116 valence electrons. The molecule has 21 heavy (non-hydrogen) atoms. The van der Waals surface area contributed by atoms with Gasteiger partial charge in [0, 0.05) is 24.3 Å². The highest BCUT2D eigenvalue weighted by atomic mass is 32.2. The van der Waals surface area contributed by atoms with Crippen LogP contribution < -0.4 is 10.6 Å². The van der Waals surface area contributed by atoms with Gasteiger partial charge in [-0.3, -0.25) is 0 Å². The number of sulfone groups is 1. The second kappa shape index (κ2) is 6.05. The van der Waals surface area contributed by atoms with Crippen LogP contribution in [-0.4, -0.2) is 53.3 Å². The van der Waals surface area contributed by atoms with Gasteiger partial charge in [-0.1, -0.05) is 12.2 Å². The van der Waals surface area contributed by atoms with Crippen molar-refractivity contribution in [2.45, 2.75) is 19.2 Å². The van der Waals surface area contributed by atoms with Crippen molar-refractivity contribution in [2.24, 2.45) is 5.73 Å². The second-order valence-corrected chi connectivity index (χ2v) is 8.82. The molecule has 2 rings (SSSR count). The van der Waals surface area contributed by atoms with E-state index < -0.39 is 15.2 Å². The third kappa shape index (κ3) is 3.29. The van der Waals surface area contributed by atoms with Crippen molar-refractivity contribution in [3.63, 3.8) is 0 Å². The zero-order valence-corrected chi connectivity index (χ0v) is 14.6. The monoisotopic (exact) mass is 346 g/mol. The van der Waals surface area contributed by atoms with Crippen LogP contribution in [0.15, 0.2) is 0 Å². The Kier molecular flexibility index (Phi) is 4.74. The van der Waals surface area contributed by atoms with Gasteiger partial charge in [0.25, 0.3) is 0 Å². The summed E-state index contributed by atoms with van der Waals surface area (Å²) in [5.41, 5.74) is 8.04. The summed E-state index contributed by atoms with van der Waals surface area (Å²) in [4.78, 5) is 1.98. The lowest BCUT2D eigenvalue weighted by Gasteiger charge is -2.35. The number of anilines is 1. The van der Waals surface area contributed by atoms with E-state index in [0.29, 0.717) is 23.7 Å². The summed E-state index contributed by atoms with van der Waals surface area (Å²) in [5, 5.41) is 7.66. The van der Waals surface area contributed by atoms with E-state index >= 15 is 0 Å². The molecule has 1 saturated heterocycles. The highest BCUT2D eigenvalue weighted by Crippen LogP contribution is 2.29. The van der Waals surface area contributed by atoms with Gasteiger partial charge in [-0.2, -0.15) is 16.9 Å². The summed E-state index contributed by atoms with van der Waals surface area (Å²) in [6, 6.07) is 0. The highest BCUT2D eigenvalue weighted by Gasteiger charge is 2.34. The van der Waals surface area contributed by atoms with E-state index in [0.717, 1.165) is 17.0 Å². The minimum atomic E-state index is -3.24. The lowest BCUT2D eigenvalue weighted by molar-refractivity contribution is 0.583. The summed E-state index contributed by atoms with van der Waals surface area (Å²) in [6.45, 7) is 4.28. The second-order valence-electron chi connectivity index (χ2n) is 5.03. The van der Waals surface area contributed by atoms with Crippen LogP contribution in [0.2, 0.25) is 0 Å². The van der Waals surface area contributed by atoms with Gasteiger partial charge in [-0.05, 0) is 19.4 Å². The van der Waals surface area contributed by atoms with Gasteiger partial charge < -0.3 is 10.6 Å². The Bertz CT molecular complexity index is 675. The van der Waals surface area contributed by atoms with Crippen LogP contribution in [0, 0.1) is 13.8 Å². The SMILES string of the molecule is Cc1nnc(N2CCSCC2S(C)(=O)=O)c(C(N)=S)c1C. The molecule has 9 heteroatoms. The maximum absolute atomic E-state index is 12.0. The first-order chi connectivity index (χ1) is 9.73. The van der Waals surface area contributed by atoms with E-state index in [2.05, 4.69) is 10.2 Å². The van der Waals surface area contributed by atoms with Gasteiger partial charge in [0.15, 0.2) is 15.7 Å². The van der Waals surface area contributed by atoms with Gasteiger partial charge in [-0.25, -0.2) is 8.42 Å². The standard InChI is InChI=1S/C12H18N4O2S3/c1-7-8(2)14-15-12(10(7)11(13)19)16-4-5-20-6-9(16)21(3,17)18/h9H,4-6H2,1-3H3,(H2,13,19). The van der Waals surface area contributed by atoms with E-state index in [1.54, 1.807) is 16.7 Å². The van der Waals surface area contributed by atoms with Crippen molar-refractivity contribution >= 4 is 44.6 Å². The average Bonchev–Trinajstić information content (AvgIpc) is 2.40. The van der Waals surface area contributed by atoms with Gasteiger partial charge in [0.05, 0.1) is 11.3 Å². The minimum Gasteiger partial charge on any atom is -0.389 e. The van der Waals surface area contributed by atoms with Crippen LogP contribution in [0.4, 0.5) is 5.82 Å². The lowest BCUT2D eigenvalue weighted by Crippen LogP contribution is -2.48. The van der Waals surface area contributed by atoms with Gasteiger partial charge in [-0.15, -0.1) is 5.10 Å². The molecule has 0 aromatic carbocycles. The number of thioether (sulfide) groups is 1. The van der Waals surface area contributed by atoms with Crippen LogP contribution in [0.1, 0.15) is 16.8 Å². The maximum atomic E-state index is 12.0. The Morgan fingerprint density at radius 1 is 1.43 bits per heavy atom. The summed E-state index contributed by atoms with van der Waals surface area (Å²) >= 11 is 6.74. The van der Waals surface area contributed by atoms with Gasteiger partial charge in [0.2, 0.25) is 0 Å². The molecule has 2 N–H and O–H groups in total. The number of thiocarbonyl (C=S) groups is 1. The van der Waals surface area contributed by atoms with E-state index in [9.17, 15) is 8.42 Å². The molecular weight excluding hydrogens is 328 g/mol. The number of rotatable bonds is 3. The Morgan fingerprint density at radius 3 is 2.67 bits per heavy atom. The Hall–Kier alpha value is -0.930. The van der Waals surface area contributed by atoms with Crippen LogP contribution in [0.5, 0.6) is 0 Å². The van der Waals surface area contributed by atoms with Crippen LogP contribution in [0.3, 0.4) is 0 Å². The fraction of sp³-hybridized carbons (Fsp3) is 0.583. The first kappa shape index (κ1) is 16.4. The molecule has 6 nitrogen and oxygen atoms in total. The van der Waals surface area contributed by atoms with Crippen molar-refractivity contribution in [3.8, 4) is 0 Å². The molecule has 1 unspecified atom stereocenters. The first-order valence-electron chi connectivity index (χ1n) is 6.40. The first-order valence-corrected chi connectivity index (χ1v) is 9.92. The van der Waals surface area contributed by atoms with Crippen LogP contribution >= 0.6 is 24.0 Å². The molecule has 0 spiro atoms. The summed E-state index contributed by atoms with van der Waals surface area (Å²) < 4.78 is 24.1.